The molecule has 1 saturated heterocycles. The van der Waals surface area contributed by atoms with Gasteiger partial charge in [0, 0.05) is 12.3 Å². The van der Waals surface area contributed by atoms with Gasteiger partial charge in [-0.15, -0.1) is 0 Å². The Morgan fingerprint density at radius 3 is 2.64 bits per heavy atom. The monoisotopic (exact) mass is 372 g/mol. The second-order valence-electron chi connectivity index (χ2n) is 6.80. The second-order valence-corrected chi connectivity index (χ2v) is 8.03. The van der Waals surface area contributed by atoms with Crippen molar-refractivity contribution in [3.63, 3.8) is 0 Å². The first-order valence-electron chi connectivity index (χ1n) is 9.08. The fraction of sp³-hybridized carbons (Fsp3) is 0.824. The van der Waals surface area contributed by atoms with Crippen LogP contribution < -0.4 is 5.32 Å². The van der Waals surface area contributed by atoms with E-state index in [1.165, 1.54) is 23.1 Å². The molecule has 7 nitrogen and oxygen atoms in total. The van der Waals surface area contributed by atoms with E-state index in [0.717, 1.165) is 25.7 Å². The molecular formula is C17H28N2O5S. The predicted octanol–water partition coefficient (Wildman–Crippen LogP) is 1.84. The number of carboxylic acids is 1. The van der Waals surface area contributed by atoms with Gasteiger partial charge in [-0.05, 0) is 37.4 Å². The number of thioether (sulfide) groups is 1. The number of hydrogen-bond donors (Lipinski definition) is 3. The smallest absolute Gasteiger partial charge is 0.324 e. The molecule has 0 aromatic heterocycles. The van der Waals surface area contributed by atoms with Crippen LogP contribution in [0.15, 0.2) is 0 Å². The third-order valence-corrected chi connectivity index (χ3v) is 6.04. The van der Waals surface area contributed by atoms with E-state index in [-0.39, 0.29) is 18.4 Å². The van der Waals surface area contributed by atoms with Gasteiger partial charge in [0.1, 0.15) is 6.04 Å². The summed E-state index contributed by atoms with van der Waals surface area (Å²) in [6.45, 7) is 0.375. The van der Waals surface area contributed by atoms with E-state index >= 15 is 0 Å². The summed E-state index contributed by atoms with van der Waals surface area (Å²) in [5, 5.41) is 21.3. The molecule has 2 atom stereocenters. The first kappa shape index (κ1) is 20.0. The Morgan fingerprint density at radius 1 is 1.24 bits per heavy atom. The molecule has 2 fully saturated rings. The predicted molar refractivity (Wildman–Crippen MR) is 95.4 cm³/mol. The van der Waals surface area contributed by atoms with Crippen molar-refractivity contribution >= 4 is 29.7 Å². The minimum Gasteiger partial charge on any atom is -0.481 e. The van der Waals surface area contributed by atoms with Gasteiger partial charge in [0.05, 0.1) is 12.5 Å². The summed E-state index contributed by atoms with van der Waals surface area (Å²) < 4.78 is 0. The van der Waals surface area contributed by atoms with E-state index in [4.69, 9.17) is 5.11 Å². The van der Waals surface area contributed by atoms with E-state index in [1.54, 1.807) is 0 Å². The van der Waals surface area contributed by atoms with Gasteiger partial charge < -0.3 is 15.1 Å². The molecule has 8 heteroatoms. The number of nitrogens with zero attached hydrogens (tertiary/aromatic N) is 1. The molecule has 0 radical (unpaired) electrons. The molecule has 0 spiro atoms. The van der Waals surface area contributed by atoms with Crippen LogP contribution in [0.3, 0.4) is 0 Å². The van der Waals surface area contributed by atoms with Crippen LogP contribution in [0.4, 0.5) is 4.79 Å². The lowest BCUT2D eigenvalue weighted by atomic mass is 9.84. The summed E-state index contributed by atoms with van der Waals surface area (Å²) in [6, 6.07) is -0.898. The van der Waals surface area contributed by atoms with Crippen LogP contribution in [-0.4, -0.2) is 63.2 Å². The van der Waals surface area contributed by atoms with E-state index in [2.05, 4.69) is 5.32 Å². The number of urea groups is 1. The average Bonchev–Trinajstić information content (AvgIpc) is 2.86. The third-order valence-electron chi connectivity index (χ3n) is 5.03. The van der Waals surface area contributed by atoms with Crippen molar-refractivity contribution < 1.29 is 24.6 Å². The Balaban J connectivity index is 1.76. The number of rotatable bonds is 10. The highest BCUT2D eigenvalue weighted by atomic mass is 32.2. The third kappa shape index (κ3) is 6.18. The highest BCUT2D eigenvalue weighted by Gasteiger charge is 2.38. The maximum Gasteiger partial charge on any atom is 0.324 e. The molecule has 0 aromatic carbocycles. The van der Waals surface area contributed by atoms with Gasteiger partial charge in [0.25, 0.3) is 5.91 Å². The standard InChI is InChI=1S/C17H28N2O5S/c20-14(12-4-2-1-3-5-12)6-9-19-13(16(23)18-17(19)24)7-10-25-11-8-15(21)22/h12-14,20H,1-11H2,(H,21,22)(H,18,23,24). The number of nitrogens with one attached hydrogen (secondary N) is 1. The Labute approximate surface area is 152 Å². The molecule has 0 bridgehead atoms. The second kappa shape index (κ2) is 10.0. The van der Waals surface area contributed by atoms with Crippen molar-refractivity contribution in [1.29, 1.82) is 0 Å². The number of amides is 3. The van der Waals surface area contributed by atoms with Gasteiger partial charge in [-0.2, -0.15) is 11.8 Å². The molecule has 1 aliphatic carbocycles. The van der Waals surface area contributed by atoms with E-state index in [0.29, 0.717) is 36.8 Å². The first-order chi connectivity index (χ1) is 12.0. The summed E-state index contributed by atoms with van der Waals surface area (Å²) >= 11 is 1.47. The molecule has 0 aromatic rings. The number of carboxylic acid groups (broad SMARTS) is 1. The molecule has 2 aliphatic rings. The molecule has 2 rings (SSSR count). The van der Waals surface area contributed by atoms with Crippen LogP contribution >= 0.6 is 11.8 Å². The number of imide groups is 1. The van der Waals surface area contributed by atoms with E-state index in [1.807, 2.05) is 0 Å². The zero-order valence-electron chi connectivity index (χ0n) is 14.5. The van der Waals surface area contributed by atoms with Gasteiger partial charge in [-0.3, -0.25) is 14.9 Å². The Hall–Kier alpha value is -1.28. The van der Waals surface area contributed by atoms with Gasteiger partial charge >= 0.3 is 12.0 Å². The van der Waals surface area contributed by atoms with Gasteiger partial charge in [-0.25, -0.2) is 4.79 Å². The number of aliphatic hydroxyl groups is 1. The molecule has 1 saturated carbocycles. The van der Waals surface area contributed by atoms with Crippen LogP contribution in [0.1, 0.15) is 51.4 Å². The van der Waals surface area contributed by atoms with Crippen LogP contribution in [0.2, 0.25) is 0 Å². The summed E-state index contributed by atoms with van der Waals surface area (Å²) in [5.74, 6) is 0.300. The van der Waals surface area contributed by atoms with Crippen molar-refractivity contribution in [3.8, 4) is 0 Å². The summed E-state index contributed by atoms with van der Waals surface area (Å²) in [5.41, 5.74) is 0. The maximum absolute atomic E-state index is 12.0. The molecule has 3 N–H and O–H groups in total. The fourth-order valence-electron chi connectivity index (χ4n) is 3.57. The Bertz CT molecular complexity index is 482. The van der Waals surface area contributed by atoms with Crippen molar-refractivity contribution in [2.24, 2.45) is 5.92 Å². The molecule has 25 heavy (non-hydrogen) atoms. The number of aliphatic carboxylic acids is 1. The lowest BCUT2D eigenvalue weighted by Gasteiger charge is -2.29. The minimum atomic E-state index is -0.834. The largest absolute Gasteiger partial charge is 0.481 e. The Morgan fingerprint density at radius 2 is 1.96 bits per heavy atom. The van der Waals surface area contributed by atoms with Crippen molar-refractivity contribution in [1.82, 2.24) is 10.2 Å². The number of hydrogen-bond acceptors (Lipinski definition) is 5. The zero-order valence-corrected chi connectivity index (χ0v) is 15.3. The van der Waals surface area contributed by atoms with Gasteiger partial charge in [0.15, 0.2) is 0 Å². The first-order valence-corrected chi connectivity index (χ1v) is 10.2. The summed E-state index contributed by atoms with van der Waals surface area (Å²) in [6.07, 6.45) is 6.28. The number of aliphatic hydroxyl groups excluding tert-OH is 1. The topological polar surface area (TPSA) is 107 Å². The highest BCUT2D eigenvalue weighted by Crippen LogP contribution is 2.28. The fourth-order valence-corrected chi connectivity index (χ4v) is 4.48. The van der Waals surface area contributed by atoms with Crippen LogP contribution in [0.25, 0.3) is 0 Å². The summed E-state index contributed by atoms with van der Waals surface area (Å²) in [7, 11) is 0. The minimum absolute atomic E-state index is 0.0950. The van der Waals surface area contributed by atoms with Crippen molar-refractivity contribution in [2.75, 3.05) is 18.1 Å². The molecule has 3 amide bonds. The molecule has 1 aliphatic heterocycles. The molecule has 142 valence electrons. The number of carbonyl (C=O) groups excluding carboxylic acids is 2. The SMILES string of the molecule is O=C(O)CCSCCC1C(=O)NC(=O)N1CCC(O)C1CCCCC1. The zero-order chi connectivity index (χ0) is 18.2. The lowest BCUT2D eigenvalue weighted by Crippen LogP contribution is -2.38. The molecular weight excluding hydrogens is 344 g/mol. The highest BCUT2D eigenvalue weighted by molar-refractivity contribution is 7.99. The molecule has 1 heterocycles. The quantitative estimate of drug-likeness (QED) is 0.399. The van der Waals surface area contributed by atoms with E-state index < -0.39 is 18.1 Å². The average molecular weight is 372 g/mol. The van der Waals surface area contributed by atoms with Crippen LogP contribution in [0, 0.1) is 5.92 Å². The van der Waals surface area contributed by atoms with Gasteiger partial charge in [0.2, 0.25) is 0 Å². The Kier molecular flexibility index (Phi) is 8.02. The lowest BCUT2D eigenvalue weighted by molar-refractivity contribution is -0.136. The van der Waals surface area contributed by atoms with Crippen LogP contribution in [0.5, 0.6) is 0 Å². The van der Waals surface area contributed by atoms with E-state index in [9.17, 15) is 19.5 Å². The normalized spacial score (nSPS) is 22.9. The number of carbonyl (C=O) groups is 3. The summed E-state index contributed by atoms with van der Waals surface area (Å²) in [4.78, 5) is 36.0. The van der Waals surface area contributed by atoms with Crippen molar-refractivity contribution in [3.05, 3.63) is 0 Å². The van der Waals surface area contributed by atoms with Gasteiger partial charge in [-0.1, -0.05) is 19.3 Å². The van der Waals surface area contributed by atoms with Crippen molar-refractivity contribution in [2.45, 2.75) is 63.5 Å². The maximum atomic E-state index is 12.0. The molecule has 2 unspecified atom stereocenters. The van der Waals surface area contributed by atoms with Crippen LogP contribution in [-0.2, 0) is 9.59 Å².